The van der Waals surface area contributed by atoms with E-state index >= 15 is 0 Å². The van der Waals surface area contributed by atoms with Gasteiger partial charge in [-0.1, -0.05) is 0 Å². The van der Waals surface area contributed by atoms with Crippen LogP contribution in [0.5, 0.6) is 0 Å². The number of hydrogen-bond donors (Lipinski definition) is 0. The van der Waals surface area contributed by atoms with Gasteiger partial charge in [0.2, 0.25) is 0 Å². The van der Waals surface area contributed by atoms with Gasteiger partial charge in [-0.25, -0.2) is 0 Å². The highest BCUT2D eigenvalue weighted by Crippen LogP contribution is 2.36. The number of carbonyl (C=O) groups excluding carboxylic acids is 1. The minimum absolute atomic E-state index is 0.325. The van der Waals surface area contributed by atoms with Crippen molar-refractivity contribution in [1.82, 2.24) is 0 Å². The number of halogens is 1. The van der Waals surface area contributed by atoms with Crippen LogP contribution in [-0.2, 0) is 11.5 Å². The molecule has 2 heterocycles. The molecule has 1 nitrogen and oxygen atoms in total. The average molecular weight is 205 g/mol. The van der Waals surface area contributed by atoms with E-state index in [1.54, 1.807) is 0 Å². The molecule has 0 saturated heterocycles. The molecule has 0 aromatic carbocycles. The zero-order chi connectivity index (χ0) is 7.84. The van der Waals surface area contributed by atoms with Crippen LogP contribution < -0.4 is 0 Å². The van der Waals surface area contributed by atoms with Crippen molar-refractivity contribution in [2.75, 3.05) is 0 Å². The normalized spacial score (nSPS) is 15.0. The molecular formula is C7H5ClOS2. The van der Waals surface area contributed by atoms with Gasteiger partial charge in [0.15, 0.2) is 0 Å². The summed E-state index contributed by atoms with van der Waals surface area (Å²) in [7, 11) is 0. The van der Waals surface area contributed by atoms with Crippen LogP contribution in [0.25, 0.3) is 0 Å². The lowest BCUT2D eigenvalue weighted by Crippen LogP contribution is -1.80. The van der Waals surface area contributed by atoms with E-state index in [0.29, 0.717) is 4.88 Å². The summed E-state index contributed by atoms with van der Waals surface area (Å²) in [5.41, 5.74) is 1.30. The number of thiophene rings is 1. The summed E-state index contributed by atoms with van der Waals surface area (Å²) in [6.07, 6.45) is 0. The molecule has 1 aliphatic heterocycles. The van der Waals surface area contributed by atoms with Gasteiger partial charge in [0.05, 0.1) is 4.88 Å². The summed E-state index contributed by atoms with van der Waals surface area (Å²) in [6, 6.07) is 1.91. The Bertz CT molecular complexity index is 284. The largest absolute Gasteiger partial charge is 0.275 e. The molecule has 4 heteroatoms. The maximum atomic E-state index is 10.7. The molecule has 1 aromatic heterocycles. The Labute approximate surface area is 77.7 Å². The van der Waals surface area contributed by atoms with Gasteiger partial charge in [-0.15, -0.1) is 11.3 Å². The molecule has 0 unspecified atom stereocenters. The molecule has 0 amide bonds. The maximum Gasteiger partial charge on any atom is 0.262 e. The van der Waals surface area contributed by atoms with Gasteiger partial charge in [0, 0.05) is 16.4 Å². The van der Waals surface area contributed by atoms with Gasteiger partial charge in [0.1, 0.15) is 0 Å². The highest BCUT2D eigenvalue weighted by atomic mass is 35.5. The van der Waals surface area contributed by atoms with Crippen molar-refractivity contribution in [2.24, 2.45) is 0 Å². The summed E-state index contributed by atoms with van der Waals surface area (Å²) in [4.78, 5) is 12.7. The maximum absolute atomic E-state index is 10.7. The third-order valence-electron chi connectivity index (χ3n) is 1.58. The molecule has 58 valence electrons. The third-order valence-corrected chi connectivity index (χ3v) is 4.26. The predicted molar refractivity (Wildman–Crippen MR) is 49.5 cm³/mol. The van der Waals surface area contributed by atoms with E-state index in [1.165, 1.54) is 21.8 Å². The van der Waals surface area contributed by atoms with Crippen molar-refractivity contribution in [2.45, 2.75) is 11.5 Å². The van der Waals surface area contributed by atoms with Crippen molar-refractivity contribution in [3.8, 4) is 0 Å². The van der Waals surface area contributed by atoms with Gasteiger partial charge in [-0.3, -0.25) is 4.79 Å². The molecule has 0 N–H and O–H groups in total. The van der Waals surface area contributed by atoms with Crippen LogP contribution in [0.1, 0.15) is 20.1 Å². The summed E-state index contributed by atoms with van der Waals surface area (Å²) in [5, 5.41) is -0.325. The van der Waals surface area contributed by atoms with Gasteiger partial charge in [-0.05, 0) is 23.2 Å². The summed E-state index contributed by atoms with van der Waals surface area (Å²) < 4.78 is 0. The van der Waals surface area contributed by atoms with Crippen LogP contribution in [0.3, 0.4) is 0 Å². The average Bonchev–Trinajstić information content (AvgIpc) is 2.40. The lowest BCUT2D eigenvalue weighted by Gasteiger charge is -1.84. The summed E-state index contributed by atoms with van der Waals surface area (Å²) >= 11 is 8.75. The lowest BCUT2D eigenvalue weighted by atomic mass is 10.3. The number of hydrogen-bond acceptors (Lipinski definition) is 3. The molecule has 1 aliphatic rings. The van der Waals surface area contributed by atoms with Gasteiger partial charge in [0.25, 0.3) is 5.24 Å². The fraction of sp³-hybridized carbons (Fsp3) is 0.286. The summed E-state index contributed by atoms with van der Waals surface area (Å²) in [6.45, 7) is 0. The Morgan fingerprint density at radius 1 is 1.55 bits per heavy atom. The van der Waals surface area contributed by atoms with Crippen LogP contribution in [0.4, 0.5) is 0 Å². The first-order chi connectivity index (χ1) is 5.27. The highest BCUT2D eigenvalue weighted by Gasteiger charge is 2.17. The first kappa shape index (κ1) is 7.65. The fourth-order valence-electron chi connectivity index (χ4n) is 1.06. The zero-order valence-electron chi connectivity index (χ0n) is 5.59. The third kappa shape index (κ3) is 1.33. The molecular weight excluding hydrogens is 200 g/mol. The molecule has 2 rings (SSSR count). The molecule has 0 bridgehead atoms. The van der Waals surface area contributed by atoms with E-state index in [2.05, 4.69) is 0 Å². The molecule has 0 fully saturated rings. The zero-order valence-corrected chi connectivity index (χ0v) is 7.98. The second kappa shape index (κ2) is 2.81. The smallest absolute Gasteiger partial charge is 0.262 e. The molecule has 0 saturated carbocycles. The molecule has 0 atom stereocenters. The molecule has 11 heavy (non-hydrogen) atoms. The highest BCUT2D eigenvalue weighted by molar-refractivity contribution is 7.98. The van der Waals surface area contributed by atoms with Crippen molar-refractivity contribution >= 4 is 39.9 Å². The molecule has 0 aliphatic carbocycles. The first-order valence-corrected chi connectivity index (χ1v) is 5.51. The topological polar surface area (TPSA) is 17.1 Å². The second-order valence-electron chi connectivity index (χ2n) is 2.33. The number of carbonyl (C=O) groups is 1. The van der Waals surface area contributed by atoms with Crippen LogP contribution in [-0.4, -0.2) is 5.24 Å². The van der Waals surface area contributed by atoms with E-state index in [0.717, 1.165) is 11.5 Å². The van der Waals surface area contributed by atoms with E-state index in [1.807, 2.05) is 17.8 Å². The van der Waals surface area contributed by atoms with Crippen LogP contribution in [0.2, 0.25) is 0 Å². The number of thioether (sulfide) groups is 1. The lowest BCUT2D eigenvalue weighted by molar-refractivity contribution is 0.108. The van der Waals surface area contributed by atoms with Gasteiger partial charge < -0.3 is 0 Å². The van der Waals surface area contributed by atoms with E-state index in [-0.39, 0.29) is 5.24 Å². The van der Waals surface area contributed by atoms with Gasteiger partial charge >= 0.3 is 0 Å². The number of rotatable bonds is 1. The van der Waals surface area contributed by atoms with E-state index in [9.17, 15) is 4.79 Å². The Kier molecular flexibility index (Phi) is 1.95. The van der Waals surface area contributed by atoms with Crippen molar-refractivity contribution in [3.63, 3.8) is 0 Å². The SMILES string of the molecule is O=C(Cl)c1cc2c(s1)CSC2. The molecule has 0 radical (unpaired) electrons. The van der Waals surface area contributed by atoms with Gasteiger partial charge in [-0.2, -0.15) is 11.8 Å². The minimum Gasteiger partial charge on any atom is -0.275 e. The quantitative estimate of drug-likeness (QED) is 0.655. The molecule has 1 aromatic rings. The van der Waals surface area contributed by atoms with Crippen molar-refractivity contribution < 1.29 is 4.79 Å². The Balaban J connectivity index is 2.42. The number of fused-ring (bicyclic) bond motifs is 1. The second-order valence-corrected chi connectivity index (χ2v) is 4.79. The molecule has 0 spiro atoms. The predicted octanol–water partition coefficient (Wildman–Crippen LogP) is 2.87. The Morgan fingerprint density at radius 2 is 2.36 bits per heavy atom. The van der Waals surface area contributed by atoms with Crippen molar-refractivity contribution in [1.29, 1.82) is 0 Å². The minimum atomic E-state index is -0.325. The Morgan fingerprint density at radius 3 is 3.00 bits per heavy atom. The standard InChI is InChI=1S/C7H5ClOS2/c8-7(9)5-1-4-2-10-3-6(4)11-5/h1H,2-3H2. The summed E-state index contributed by atoms with van der Waals surface area (Å²) in [5.74, 6) is 2.08. The van der Waals surface area contributed by atoms with Crippen LogP contribution in [0, 0.1) is 0 Å². The van der Waals surface area contributed by atoms with Crippen molar-refractivity contribution in [3.05, 3.63) is 21.4 Å². The van der Waals surface area contributed by atoms with E-state index < -0.39 is 0 Å². The fourth-order valence-corrected chi connectivity index (χ4v) is 3.57. The van der Waals surface area contributed by atoms with Crippen LogP contribution in [0.15, 0.2) is 6.07 Å². The van der Waals surface area contributed by atoms with E-state index in [4.69, 9.17) is 11.6 Å². The Hall–Kier alpha value is 0.01000. The first-order valence-electron chi connectivity index (χ1n) is 3.16. The van der Waals surface area contributed by atoms with Crippen LogP contribution >= 0.6 is 34.7 Å². The monoisotopic (exact) mass is 204 g/mol.